The van der Waals surface area contributed by atoms with Crippen LogP contribution in [0.1, 0.15) is 13.8 Å². The van der Waals surface area contributed by atoms with Crippen molar-refractivity contribution in [3.05, 3.63) is 0 Å². The van der Waals surface area contributed by atoms with Crippen LogP contribution in [0.3, 0.4) is 0 Å². The molecular weight excluding hydrogens is 95.1 g/mol. The normalized spacial score (nSPS) is 15.0. The lowest BCUT2D eigenvalue weighted by Crippen LogP contribution is -2.13. The highest BCUT2D eigenvalue weighted by Gasteiger charge is 2.07. The van der Waals surface area contributed by atoms with Crippen molar-refractivity contribution in [3.8, 4) is 0 Å². The van der Waals surface area contributed by atoms with Crippen molar-refractivity contribution in [1.29, 1.82) is 0 Å². The van der Waals surface area contributed by atoms with Crippen LogP contribution in [0, 0.1) is 5.92 Å². The highest BCUT2D eigenvalue weighted by Crippen LogP contribution is 2.02. The lowest BCUT2D eigenvalue weighted by Gasteiger charge is -2.05. The average molecular weight is 106 g/mol. The van der Waals surface area contributed by atoms with Crippen LogP contribution < -0.4 is 0 Å². The van der Waals surface area contributed by atoms with Gasteiger partial charge in [-0.3, -0.25) is 0 Å². The fourth-order valence-corrected chi connectivity index (χ4v) is 0.211. The maximum absolute atomic E-state index is 12.0. The van der Waals surface area contributed by atoms with Crippen LogP contribution in [0.2, 0.25) is 0 Å². The summed E-state index contributed by atoms with van der Waals surface area (Å²) in [5, 5.41) is 8.13. The van der Waals surface area contributed by atoms with Gasteiger partial charge in [0.25, 0.3) is 0 Å². The van der Waals surface area contributed by atoms with Gasteiger partial charge in [0.15, 0.2) is 0 Å². The van der Waals surface area contributed by atoms with Gasteiger partial charge in [-0.05, 0) is 5.92 Å². The summed E-state index contributed by atoms with van der Waals surface area (Å²) in [6, 6.07) is 0. The van der Waals surface area contributed by atoms with E-state index in [1.54, 1.807) is 13.8 Å². The molecule has 0 spiro atoms. The third kappa shape index (κ3) is 2.57. The summed E-state index contributed by atoms with van der Waals surface area (Å²) in [6.07, 6.45) is -1.04. The summed E-state index contributed by atoms with van der Waals surface area (Å²) in [5.74, 6) is -0.0509. The number of rotatable bonds is 2. The Labute approximate surface area is 43.2 Å². The van der Waals surface area contributed by atoms with Crippen molar-refractivity contribution < 1.29 is 9.50 Å². The van der Waals surface area contributed by atoms with Crippen LogP contribution in [0.4, 0.5) is 4.39 Å². The SMILES string of the molecule is CC(C)C(F)CO. The predicted octanol–water partition coefficient (Wildman–Crippen LogP) is 0.973. The Kier molecular flexibility index (Phi) is 2.92. The molecule has 0 radical (unpaired) electrons. The standard InChI is InChI=1S/C5H11FO/c1-4(2)5(6)3-7/h4-5,7H,3H2,1-2H3. The van der Waals surface area contributed by atoms with Crippen LogP contribution in [-0.2, 0) is 0 Å². The van der Waals surface area contributed by atoms with E-state index >= 15 is 0 Å². The maximum Gasteiger partial charge on any atom is 0.125 e. The average Bonchev–Trinajstić information content (AvgIpc) is 1.65. The van der Waals surface area contributed by atoms with Crippen LogP contribution in [-0.4, -0.2) is 17.9 Å². The van der Waals surface area contributed by atoms with Gasteiger partial charge in [0.2, 0.25) is 0 Å². The van der Waals surface area contributed by atoms with Gasteiger partial charge in [-0.15, -0.1) is 0 Å². The Morgan fingerprint density at radius 2 is 2.00 bits per heavy atom. The first-order chi connectivity index (χ1) is 3.18. The first-order valence-electron chi connectivity index (χ1n) is 2.43. The van der Waals surface area contributed by atoms with Crippen molar-refractivity contribution in [1.82, 2.24) is 0 Å². The van der Waals surface area contributed by atoms with Crippen LogP contribution in [0.25, 0.3) is 0 Å². The van der Waals surface area contributed by atoms with Gasteiger partial charge in [0, 0.05) is 0 Å². The second kappa shape index (κ2) is 2.97. The van der Waals surface area contributed by atoms with E-state index < -0.39 is 6.17 Å². The minimum Gasteiger partial charge on any atom is -0.393 e. The maximum atomic E-state index is 12.0. The third-order valence-electron chi connectivity index (χ3n) is 0.898. The molecule has 44 valence electrons. The summed E-state index contributed by atoms with van der Waals surface area (Å²) < 4.78 is 12.0. The minimum atomic E-state index is -1.04. The summed E-state index contributed by atoms with van der Waals surface area (Å²) in [5.41, 5.74) is 0. The Hall–Kier alpha value is -0.110. The number of alkyl halides is 1. The minimum absolute atomic E-state index is 0.0509. The monoisotopic (exact) mass is 106 g/mol. The number of hydrogen-bond acceptors (Lipinski definition) is 1. The molecule has 7 heavy (non-hydrogen) atoms. The smallest absolute Gasteiger partial charge is 0.125 e. The molecule has 1 N–H and O–H groups in total. The van der Waals surface area contributed by atoms with Gasteiger partial charge < -0.3 is 5.11 Å². The Morgan fingerprint density at radius 1 is 1.57 bits per heavy atom. The van der Waals surface area contributed by atoms with E-state index in [1.807, 2.05) is 0 Å². The van der Waals surface area contributed by atoms with Crippen LogP contribution in [0.5, 0.6) is 0 Å². The van der Waals surface area contributed by atoms with E-state index in [4.69, 9.17) is 5.11 Å². The molecule has 1 unspecified atom stereocenters. The largest absolute Gasteiger partial charge is 0.393 e. The molecule has 0 aromatic heterocycles. The molecule has 0 saturated heterocycles. The number of halogens is 1. The molecule has 0 heterocycles. The lowest BCUT2D eigenvalue weighted by atomic mass is 10.1. The number of aliphatic hydroxyl groups excluding tert-OH is 1. The molecule has 0 aliphatic rings. The van der Waals surface area contributed by atoms with Gasteiger partial charge >= 0.3 is 0 Å². The van der Waals surface area contributed by atoms with E-state index in [2.05, 4.69) is 0 Å². The zero-order valence-electron chi connectivity index (χ0n) is 4.69. The molecule has 1 atom stereocenters. The fourth-order valence-electron chi connectivity index (χ4n) is 0.211. The molecule has 0 bridgehead atoms. The highest BCUT2D eigenvalue weighted by atomic mass is 19.1. The Balaban J connectivity index is 3.14. The predicted molar refractivity (Wildman–Crippen MR) is 26.8 cm³/mol. The molecule has 2 heteroatoms. The molecular formula is C5H11FO. The van der Waals surface area contributed by atoms with Crippen molar-refractivity contribution in [2.45, 2.75) is 20.0 Å². The highest BCUT2D eigenvalue weighted by molar-refractivity contribution is 4.55. The Bertz CT molecular complexity index is 45.3. The van der Waals surface area contributed by atoms with E-state index in [9.17, 15) is 4.39 Å². The van der Waals surface area contributed by atoms with Crippen molar-refractivity contribution in [3.63, 3.8) is 0 Å². The Morgan fingerprint density at radius 3 is 2.00 bits per heavy atom. The van der Waals surface area contributed by atoms with Gasteiger partial charge in [-0.2, -0.15) is 0 Å². The zero-order chi connectivity index (χ0) is 5.86. The molecule has 0 saturated carbocycles. The van der Waals surface area contributed by atoms with Crippen molar-refractivity contribution >= 4 is 0 Å². The van der Waals surface area contributed by atoms with Gasteiger partial charge in [-0.25, -0.2) is 4.39 Å². The summed E-state index contributed by atoms with van der Waals surface area (Å²) in [6.45, 7) is 3.12. The number of hydrogen-bond donors (Lipinski definition) is 1. The molecule has 0 fully saturated rings. The molecule has 0 aromatic rings. The van der Waals surface area contributed by atoms with Gasteiger partial charge in [0.05, 0.1) is 6.61 Å². The van der Waals surface area contributed by atoms with E-state index in [0.717, 1.165) is 0 Å². The third-order valence-corrected chi connectivity index (χ3v) is 0.898. The fraction of sp³-hybridized carbons (Fsp3) is 1.00. The van der Waals surface area contributed by atoms with E-state index in [1.165, 1.54) is 0 Å². The molecule has 0 aliphatic carbocycles. The van der Waals surface area contributed by atoms with Crippen LogP contribution >= 0.6 is 0 Å². The van der Waals surface area contributed by atoms with Crippen LogP contribution in [0.15, 0.2) is 0 Å². The molecule has 0 aliphatic heterocycles. The molecule has 0 aromatic carbocycles. The zero-order valence-corrected chi connectivity index (χ0v) is 4.69. The summed E-state index contributed by atoms with van der Waals surface area (Å²) >= 11 is 0. The van der Waals surface area contributed by atoms with Gasteiger partial charge in [0.1, 0.15) is 6.17 Å². The van der Waals surface area contributed by atoms with E-state index in [-0.39, 0.29) is 12.5 Å². The summed E-state index contributed by atoms with van der Waals surface area (Å²) in [4.78, 5) is 0. The topological polar surface area (TPSA) is 20.2 Å². The molecule has 0 rings (SSSR count). The second-order valence-electron chi connectivity index (χ2n) is 1.94. The first kappa shape index (κ1) is 6.89. The molecule has 1 nitrogen and oxygen atoms in total. The molecule has 0 amide bonds. The lowest BCUT2D eigenvalue weighted by molar-refractivity contribution is 0.140. The van der Waals surface area contributed by atoms with Crippen molar-refractivity contribution in [2.24, 2.45) is 5.92 Å². The number of aliphatic hydroxyl groups is 1. The van der Waals surface area contributed by atoms with E-state index in [0.29, 0.717) is 0 Å². The first-order valence-corrected chi connectivity index (χ1v) is 2.43. The van der Waals surface area contributed by atoms with Gasteiger partial charge in [-0.1, -0.05) is 13.8 Å². The quantitative estimate of drug-likeness (QED) is 0.556. The summed E-state index contributed by atoms with van der Waals surface area (Å²) in [7, 11) is 0. The van der Waals surface area contributed by atoms with Crippen molar-refractivity contribution in [2.75, 3.05) is 6.61 Å². The second-order valence-corrected chi connectivity index (χ2v) is 1.94.